The molecule has 8 nitrogen and oxygen atoms in total. The van der Waals surface area contributed by atoms with E-state index in [0.717, 1.165) is 5.56 Å². The number of anilines is 1. The summed E-state index contributed by atoms with van der Waals surface area (Å²) >= 11 is 0. The fraction of sp³-hybridized carbons (Fsp3) is 0.105. The summed E-state index contributed by atoms with van der Waals surface area (Å²) in [5.74, 6) is -2.23. The molecule has 0 unspecified atom stereocenters. The number of primary amides is 1. The van der Waals surface area contributed by atoms with E-state index in [1.807, 2.05) is 0 Å². The molecule has 138 valence electrons. The Morgan fingerprint density at radius 2 is 1.85 bits per heavy atom. The highest BCUT2D eigenvalue weighted by Crippen LogP contribution is 2.30. The fourth-order valence-corrected chi connectivity index (χ4v) is 2.56. The molecule has 2 aromatic carbocycles. The lowest BCUT2D eigenvalue weighted by Crippen LogP contribution is -2.35. The summed E-state index contributed by atoms with van der Waals surface area (Å²) in [5.41, 5.74) is 6.50. The first-order chi connectivity index (χ1) is 13.0. The third kappa shape index (κ3) is 3.90. The Hall–Kier alpha value is -3.81. The van der Waals surface area contributed by atoms with E-state index >= 15 is 0 Å². The summed E-state index contributed by atoms with van der Waals surface area (Å²) in [7, 11) is 1.54. The van der Waals surface area contributed by atoms with Crippen molar-refractivity contribution in [2.24, 2.45) is 5.73 Å². The molecular formula is C19H17N3O5. The van der Waals surface area contributed by atoms with Crippen molar-refractivity contribution in [2.45, 2.75) is 6.54 Å². The molecule has 0 aliphatic carbocycles. The second kappa shape index (κ2) is 7.61. The fourth-order valence-electron chi connectivity index (χ4n) is 2.56. The van der Waals surface area contributed by atoms with Crippen molar-refractivity contribution in [3.8, 4) is 5.75 Å². The number of para-hydroxylation sites is 1. The molecule has 27 heavy (non-hydrogen) atoms. The van der Waals surface area contributed by atoms with E-state index in [0.29, 0.717) is 16.7 Å². The number of hydrogen-bond donors (Lipinski definition) is 3. The molecule has 3 rings (SSSR count). The van der Waals surface area contributed by atoms with Crippen molar-refractivity contribution in [2.75, 3.05) is 12.4 Å². The zero-order valence-corrected chi connectivity index (χ0v) is 14.4. The van der Waals surface area contributed by atoms with Crippen molar-refractivity contribution < 1.29 is 23.5 Å². The maximum absolute atomic E-state index is 12.2. The van der Waals surface area contributed by atoms with E-state index in [2.05, 4.69) is 10.6 Å². The van der Waals surface area contributed by atoms with Crippen LogP contribution in [0.1, 0.15) is 16.1 Å². The van der Waals surface area contributed by atoms with Crippen molar-refractivity contribution >= 4 is 34.4 Å². The van der Waals surface area contributed by atoms with Gasteiger partial charge in [0.2, 0.25) is 5.76 Å². The van der Waals surface area contributed by atoms with E-state index in [-0.39, 0.29) is 18.0 Å². The highest BCUT2D eigenvalue weighted by Gasteiger charge is 2.23. The number of ether oxygens (including phenoxy) is 1. The first kappa shape index (κ1) is 18.0. The number of nitrogens with one attached hydrogen (secondary N) is 2. The number of furan rings is 1. The average molecular weight is 367 g/mol. The van der Waals surface area contributed by atoms with Crippen LogP contribution in [-0.4, -0.2) is 24.8 Å². The second-order valence-corrected chi connectivity index (χ2v) is 5.65. The average Bonchev–Trinajstić information content (AvgIpc) is 3.05. The summed E-state index contributed by atoms with van der Waals surface area (Å²) in [6.45, 7) is 0.137. The first-order valence-electron chi connectivity index (χ1n) is 8.03. The largest absolute Gasteiger partial charge is 0.497 e. The smallest absolute Gasteiger partial charge is 0.313 e. The van der Waals surface area contributed by atoms with Crippen LogP contribution in [0.4, 0.5) is 5.69 Å². The van der Waals surface area contributed by atoms with Crippen LogP contribution in [0.2, 0.25) is 0 Å². The predicted molar refractivity (Wildman–Crippen MR) is 98.2 cm³/mol. The number of benzene rings is 2. The zero-order chi connectivity index (χ0) is 19.4. The normalized spacial score (nSPS) is 10.4. The van der Waals surface area contributed by atoms with E-state index in [9.17, 15) is 14.4 Å². The van der Waals surface area contributed by atoms with Gasteiger partial charge in [0.25, 0.3) is 5.91 Å². The van der Waals surface area contributed by atoms with Gasteiger partial charge >= 0.3 is 11.8 Å². The molecule has 8 heteroatoms. The summed E-state index contributed by atoms with van der Waals surface area (Å²) < 4.78 is 10.5. The molecule has 3 aromatic rings. The Morgan fingerprint density at radius 3 is 2.59 bits per heavy atom. The third-order valence-electron chi connectivity index (χ3n) is 3.85. The van der Waals surface area contributed by atoms with Gasteiger partial charge in [-0.2, -0.15) is 0 Å². The van der Waals surface area contributed by atoms with Crippen LogP contribution in [-0.2, 0) is 16.1 Å². The van der Waals surface area contributed by atoms with Crippen LogP contribution in [0.3, 0.4) is 0 Å². The van der Waals surface area contributed by atoms with Gasteiger partial charge in [0, 0.05) is 11.9 Å². The highest BCUT2D eigenvalue weighted by atomic mass is 16.5. The predicted octanol–water partition coefficient (Wildman–Crippen LogP) is 1.80. The maximum atomic E-state index is 12.2. The topological polar surface area (TPSA) is 124 Å². The maximum Gasteiger partial charge on any atom is 0.313 e. The number of amides is 3. The SMILES string of the molecule is COc1cccc(CNC(=O)C(=O)Nc2c(C(N)=O)oc3ccccc23)c1. The standard InChI is InChI=1S/C19H17N3O5/c1-26-12-6-4-5-11(9-12)10-21-18(24)19(25)22-15-13-7-2-3-8-14(13)27-16(15)17(20)23/h2-9H,10H2,1H3,(H2,20,23)(H,21,24)(H,22,25). The van der Waals surface area contributed by atoms with Crippen LogP contribution in [0.15, 0.2) is 52.9 Å². The molecule has 0 bridgehead atoms. The quantitative estimate of drug-likeness (QED) is 0.593. The number of hydrogen-bond acceptors (Lipinski definition) is 5. The van der Waals surface area contributed by atoms with Crippen LogP contribution in [0.5, 0.6) is 5.75 Å². The third-order valence-corrected chi connectivity index (χ3v) is 3.85. The number of rotatable bonds is 5. The zero-order valence-electron chi connectivity index (χ0n) is 14.4. The molecule has 1 heterocycles. The van der Waals surface area contributed by atoms with Gasteiger partial charge < -0.3 is 25.5 Å². The summed E-state index contributed by atoms with van der Waals surface area (Å²) in [5, 5.41) is 5.38. The highest BCUT2D eigenvalue weighted by molar-refractivity contribution is 6.40. The van der Waals surface area contributed by atoms with Crippen LogP contribution in [0.25, 0.3) is 11.0 Å². The van der Waals surface area contributed by atoms with Crippen molar-refractivity contribution in [1.29, 1.82) is 0 Å². The molecule has 0 saturated heterocycles. The summed E-state index contributed by atoms with van der Waals surface area (Å²) in [6.07, 6.45) is 0. The van der Waals surface area contributed by atoms with E-state index in [4.69, 9.17) is 14.9 Å². The minimum absolute atomic E-state index is 0.0691. The number of carbonyl (C=O) groups is 3. The summed E-state index contributed by atoms with van der Waals surface area (Å²) in [4.78, 5) is 35.9. The van der Waals surface area contributed by atoms with Crippen molar-refractivity contribution in [3.63, 3.8) is 0 Å². The Balaban J connectivity index is 1.73. The van der Waals surface area contributed by atoms with Gasteiger partial charge in [-0.1, -0.05) is 24.3 Å². The molecule has 0 atom stereocenters. The second-order valence-electron chi connectivity index (χ2n) is 5.65. The molecule has 0 aliphatic rings. The van der Waals surface area contributed by atoms with Gasteiger partial charge in [0.1, 0.15) is 17.0 Å². The van der Waals surface area contributed by atoms with Gasteiger partial charge in [0.05, 0.1) is 7.11 Å². The number of methoxy groups -OCH3 is 1. The number of nitrogens with two attached hydrogens (primary N) is 1. The molecule has 1 aromatic heterocycles. The monoisotopic (exact) mass is 367 g/mol. The van der Waals surface area contributed by atoms with E-state index in [1.54, 1.807) is 48.5 Å². The Kier molecular flexibility index (Phi) is 5.07. The number of carbonyl (C=O) groups excluding carboxylic acids is 3. The molecule has 3 amide bonds. The molecule has 0 spiro atoms. The molecule has 4 N–H and O–H groups in total. The van der Waals surface area contributed by atoms with Crippen molar-refractivity contribution in [1.82, 2.24) is 5.32 Å². The van der Waals surface area contributed by atoms with E-state index in [1.165, 1.54) is 7.11 Å². The van der Waals surface area contributed by atoms with E-state index < -0.39 is 17.7 Å². The minimum atomic E-state index is -0.938. The Bertz CT molecular complexity index is 1030. The molecular weight excluding hydrogens is 350 g/mol. The van der Waals surface area contributed by atoms with Gasteiger partial charge in [-0.25, -0.2) is 0 Å². The van der Waals surface area contributed by atoms with Gasteiger partial charge in [0.15, 0.2) is 0 Å². The molecule has 0 fully saturated rings. The lowest BCUT2D eigenvalue weighted by atomic mass is 10.2. The summed E-state index contributed by atoms with van der Waals surface area (Å²) in [6, 6.07) is 13.8. The lowest BCUT2D eigenvalue weighted by Gasteiger charge is -2.07. The van der Waals surface area contributed by atoms with Gasteiger partial charge in [-0.3, -0.25) is 14.4 Å². The van der Waals surface area contributed by atoms with Gasteiger partial charge in [-0.05, 0) is 29.8 Å². The van der Waals surface area contributed by atoms with Crippen LogP contribution in [0, 0.1) is 0 Å². The first-order valence-corrected chi connectivity index (χ1v) is 8.03. The van der Waals surface area contributed by atoms with Crippen molar-refractivity contribution in [3.05, 3.63) is 59.9 Å². The minimum Gasteiger partial charge on any atom is -0.497 e. The Labute approximate surface area is 154 Å². The molecule has 0 radical (unpaired) electrons. The lowest BCUT2D eigenvalue weighted by molar-refractivity contribution is -0.136. The van der Waals surface area contributed by atoms with Crippen LogP contribution < -0.4 is 21.1 Å². The Morgan fingerprint density at radius 1 is 1.07 bits per heavy atom. The van der Waals surface area contributed by atoms with Gasteiger partial charge in [-0.15, -0.1) is 0 Å². The molecule has 0 saturated carbocycles. The molecule has 0 aliphatic heterocycles. The number of fused-ring (bicyclic) bond motifs is 1. The van der Waals surface area contributed by atoms with Crippen LogP contribution >= 0.6 is 0 Å².